The summed E-state index contributed by atoms with van der Waals surface area (Å²) < 4.78 is 10.2. The maximum absolute atomic E-state index is 10.2. The summed E-state index contributed by atoms with van der Waals surface area (Å²) >= 11 is 0. The Morgan fingerprint density at radius 1 is 1.00 bits per heavy atom. The topological polar surface area (TPSA) is 17.1 Å². The molecule has 0 aromatic carbocycles. The van der Waals surface area contributed by atoms with Gasteiger partial charge in [-0.05, 0) is 12.3 Å². The van der Waals surface area contributed by atoms with Crippen molar-refractivity contribution in [1.29, 1.82) is 0 Å². The quantitative estimate of drug-likeness (QED) is 0.458. The van der Waals surface area contributed by atoms with Crippen molar-refractivity contribution >= 4 is 8.46 Å². The smallest absolute Gasteiger partial charge is 0.155 e. The average Bonchev–Trinajstić information content (AvgIpc) is 2.19. The van der Waals surface area contributed by atoms with Crippen LogP contribution in [0.1, 0.15) is 57.8 Å². The van der Waals surface area contributed by atoms with Crippen LogP contribution in [-0.4, -0.2) is 6.16 Å². The molecular formula is C11H21OP. The van der Waals surface area contributed by atoms with Gasteiger partial charge in [0.25, 0.3) is 0 Å². The van der Waals surface area contributed by atoms with Gasteiger partial charge in [-0.15, -0.1) is 0 Å². The lowest BCUT2D eigenvalue weighted by atomic mass is 9.86. The lowest BCUT2D eigenvalue weighted by Gasteiger charge is -2.21. The van der Waals surface area contributed by atoms with Crippen LogP contribution in [0.15, 0.2) is 0 Å². The highest BCUT2D eigenvalue weighted by Gasteiger charge is 2.12. The maximum Gasteiger partial charge on any atom is 0.155 e. The van der Waals surface area contributed by atoms with E-state index in [1.165, 1.54) is 51.4 Å². The summed E-state index contributed by atoms with van der Waals surface area (Å²) in [6.07, 6.45) is 13.4. The van der Waals surface area contributed by atoms with E-state index in [9.17, 15) is 4.57 Å². The summed E-state index contributed by atoms with van der Waals surface area (Å²) in [5, 5.41) is 0. The molecule has 0 heterocycles. The van der Waals surface area contributed by atoms with E-state index in [0.717, 1.165) is 18.5 Å². The highest BCUT2D eigenvalue weighted by atomic mass is 31.1. The first-order valence-corrected chi connectivity index (χ1v) is 6.72. The van der Waals surface area contributed by atoms with Gasteiger partial charge < -0.3 is 0 Å². The van der Waals surface area contributed by atoms with Crippen LogP contribution < -0.4 is 0 Å². The lowest BCUT2D eigenvalue weighted by molar-refractivity contribution is 0.329. The number of hydrogen-bond donors (Lipinski definition) is 0. The summed E-state index contributed by atoms with van der Waals surface area (Å²) in [6.45, 7) is 0. The van der Waals surface area contributed by atoms with Gasteiger partial charge in [-0.2, -0.15) is 0 Å². The lowest BCUT2D eigenvalue weighted by Crippen LogP contribution is -2.05. The molecule has 76 valence electrons. The molecule has 1 aliphatic carbocycles. The fourth-order valence-corrected chi connectivity index (χ4v) is 2.61. The Morgan fingerprint density at radius 3 is 2.46 bits per heavy atom. The van der Waals surface area contributed by atoms with Gasteiger partial charge in [-0.1, -0.05) is 51.4 Å². The third-order valence-corrected chi connectivity index (χ3v) is 3.59. The Bertz CT molecular complexity index is 130. The second-order valence-corrected chi connectivity index (χ2v) is 4.91. The minimum atomic E-state index is 0.331. The highest BCUT2D eigenvalue weighted by Crippen LogP contribution is 2.27. The van der Waals surface area contributed by atoms with Crippen LogP contribution in [0, 0.1) is 5.92 Å². The summed E-state index contributed by atoms with van der Waals surface area (Å²) in [7, 11) is 0.331. The van der Waals surface area contributed by atoms with Crippen molar-refractivity contribution in [2.45, 2.75) is 57.8 Å². The Hall–Kier alpha value is 0.100. The molecule has 1 saturated carbocycles. The fraction of sp³-hybridized carbons (Fsp3) is 1.00. The molecule has 2 heteroatoms. The Morgan fingerprint density at radius 2 is 1.77 bits per heavy atom. The van der Waals surface area contributed by atoms with Crippen LogP contribution in [0.25, 0.3) is 0 Å². The molecular weight excluding hydrogens is 179 g/mol. The number of unbranched alkanes of at least 4 members (excludes halogenated alkanes) is 2. The second kappa shape index (κ2) is 7.50. The first-order valence-electron chi connectivity index (χ1n) is 5.72. The molecule has 0 N–H and O–H groups in total. The van der Waals surface area contributed by atoms with Crippen LogP contribution >= 0.6 is 8.46 Å². The zero-order valence-corrected chi connectivity index (χ0v) is 9.40. The molecule has 0 saturated heterocycles. The molecule has 0 aliphatic heterocycles. The van der Waals surface area contributed by atoms with Gasteiger partial charge in [0.15, 0.2) is 8.46 Å². The van der Waals surface area contributed by atoms with Crippen molar-refractivity contribution in [2.24, 2.45) is 5.92 Å². The minimum absolute atomic E-state index is 0.331. The third-order valence-electron chi connectivity index (χ3n) is 3.09. The van der Waals surface area contributed by atoms with Gasteiger partial charge in [-0.3, -0.25) is 4.57 Å². The maximum atomic E-state index is 10.2. The molecule has 0 aromatic heterocycles. The van der Waals surface area contributed by atoms with Gasteiger partial charge in [-0.25, -0.2) is 0 Å². The van der Waals surface area contributed by atoms with Crippen molar-refractivity contribution in [3.8, 4) is 0 Å². The van der Waals surface area contributed by atoms with Gasteiger partial charge in [0.05, 0.1) is 0 Å². The normalized spacial score (nSPS) is 19.4. The predicted octanol–water partition coefficient (Wildman–Crippen LogP) is 4.42. The second-order valence-electron chi connectivity index (χ2n) is 4.21. The van der Waals surface area contributed by atoms with Crippen molar-refractivity contribution in [3.63, 3.8) is 0 Å². The first kappa shape index (κ1) is 11.2. The monoisotopic (exact) mass is 200 g/mol. The van der Waals surface area contributed by atoms with Crippen LogP contribution in [0.4, 0.5) is 0 Å². The molecule has 0 amide bonds. The van der Waals surface area contributed by atoms with Crippen molar-refractivity contribution < 1.29 is 4.57 Å². The zero-order valence-electron chi connectivity index (χ0n) is 8.50. The van der Waals surface area contributed by atoms with E-state index in [1.807, 2.05) is 0 Å². The van der Waals surface area contributed by atoms with Crippen LogP contribution in [0.5, 0.6) is 0 Å². The van der Waals surface area contributed by atoms with Crippen LogP contribution in [-0.2, 0) is 4.57 Å². The molecule has 1 aliphatic rings. The standard InChI is InChI=1S/C11H21OP/c12-13-10-6-2-5-9-11-7-3-1-4-8-11/h11H,1-10H2. The summed E-state index contributed by atoms with van der Waals surface area (Å²) in [4.78, 5) is 0. The number of rotatable bonds is 6. The summed E-state index contributed by atoms with van der Waals surface area (Å²) in [5.74, 6) is 1.03. The largest absolute Gasteiger partial charge is 0.275 e. The molecule has 0 spiro atoms. The van der Waals surface area contributed by atoms with Crippen molar-refractivity contribution in [1.82, 2.24) is 0 Å². The molecule has 0 bridgehead atoms. The van der Waals surface area contributed by atoms with E-state index in [4.69, 9.17) is 0 Å². The molecule has 0 atom stereocenters. The van der Waals surface area contributed by atoms with Crippen molar-refractivity contribution in [2.75, 3.05) is 6.16 Å². The SMILES string of the molecule is O=PCCCCCC1CCCCC1. The van der Waals surface area contributed by atoms with Gasteiger partial charge in [0, 0.05) is 6.16 Å². The van der Waals surface area contributed by atoms with Crippen molar-refractivity contribution in [3.05, 3.63) is 0 Å². The predicted molar refractivity (Wildman–Crippen MR) is 57.5 cm³/mol. The van der Waals surface area contributed by atoms with E-state index in [-0.39, 0.29) is 0 Å². The van der Waals surface area contributed by atoms with E-state index in [2.05, 4.69) is 0 Å². The molecule has 1 nitrogen and oxygen atoms in total. The fourth-order valence-electron chi connectivity index (χ4n) is 2.26. The third kappa shape index (κ3) is 5.41. The molecule has 1 fully saturated rings. The van der Waals surface area contributed by atoms with E-state index >= 15 is 0 Å². The molecule has 0 aromatic rings. The van der Waals surface area contributed by atoms with E-state index < -0.39 is 0 Å². The number of hydrogen-bond acceptors (Lipinski definition) is 1. The Labute approximate surface area is 83.5 Å². The van der Waals surface area contributed by atoms with Gasteiger partial charge in [0.1, 0.15) is 0 Å². The summed E-state index contributed by atoms with van der Waals surface area (Å²) in [5.41, 5.74) is 0. The molecule has 1 rings (SSSR count). The highest BCUT2D eigenvalue weighted by molar-refractivity contribution is 7.23. The Kier molecular flexibility index (Phi) is 6.45. The Balaban J connectivity index is 1.89. The molecule has 13 heavy (non-hydrogen) atoms. The van der Waals surface area contributed by atoms with Gasteiger partial charge in [0.2, 0.25) is 0 Å². The van der Waals surface area contributed by atoms with Gasteiger partial charge >= 0.3 is 0 Å². The van der Waals surface area contributed by atoms with E-state index in [1.54, 1.807) is 0 Å². The van der Waals surface area contributed by atoms with E-state index in [0.29, 0.717) is 8.46 Å². The average molecular weight is 200 g/mol. The van der Waals surface area contributed by atoms with Crippen LogP contribution in [0.3, 0.4) is 0 Å². The molecule has 0 unspecified atom stereocenters. The zero-order chi connectivity index (χ0) is 9.36. The minimum Gasteiger partial charge on any atom is -0.275 e. The van der Waals surface area contributed by atoms with Crippen LogP contribution in [0.2, 0.25) is 0 Å². The molecule has 0 radical (unpaired) electrons. The summed E-state index contributed by atoms with van der Waals surface area (Å²) in [6, 6.07) is 0. The first-order chi connectivity index (χ1) is 6.43.